The second kappa shape index (κ2) is 6.10. The van der Waals surface area contributed by atoms with E-state index in [4.69, 9.17) is 0 Å². The van der Waals surface area contributed by atoms with Crippen LogP contribution in [0.5, 0.6) is 0 Å². The van der Waals surface area contributed by atoms with Crippen molar-refractivity contribution in [3.05, 3.63) is 0 Å². The molecule has 0 aromatic heterocycles. The van der Waals surface area contributed by atoms with Crippen LogP contribution in [-0.2, 0) is 9.53 Å². The number of hydrogen-bond donors (Lipinski definition) is 0. The van der Waals surface area contributed by atoms with Crippen molar-refractivity contribution in [3.63, 3.8) is 0 Å². The summed E-state index contributed by atoms with van der Waals surface area (Å²) < 4.78 is 4.69. The summed E-state index contributed by atoms with van der Waals surface area (Å²) >= 11 is 3.09. The molecule has 4 nitrogen and oxygen atoms in total. The van der Waals surface area contributed by atoms with Crippen LogP contribution in [-0.4, -0.2) is 41.8 Å². The Labute approximate surface area is 98.1 Å². The van der Waals surface area contributed by atoms with Crippen molar-refractivity contribution in [1.82, 2.24) is 4.90 Å². The summed E-state index contributed by atoms with van der Waals surface area (Å²) in [5, 5.41) is 0.285. The number of carbonyl (C=O) groups is 2. The van der Waals surface area contributed by atoms with Gasteiger partial charge in [0.15, 0.2) is 5.78 Å². The first-order chi connectivity index (χ1) is 7.19. The SMILES string of the molecule is COC(=O)N(CC(=O)CBr)C1CCCC1. The van der Waals surface area contributed by atoms with Gasteiger partial charge in [-0.25, -0.2) is 4.79 Å². The molecular weight excluding hydrogens is 262 g/mol. The van der Waals surface area contributed by atoms with E-state index in [0.29, 0.717) is 0 Å². The van der Waals surface area contributed by atoms with E-state index in [0.717, 1.165) is 25.7 Å². The van der Waals surface area contributed by atoms with Gasteiger partial charge in [-0.3, -0.25) is 9.69 Å². The van der Waals surface area contributed by atoms with Gasteiger partial charge < -0.3 is 4.74 Å². The standard InChI is InChI=1S/C10H16BrNO3/c1-15-10(14)12(7-9(13)6-11)8-4-2-3-5-8/h8H,2-7H2,1H3. The van der Waals surface area contributed by atoms with E-state index in [2.05, 4.69) is 20.7 Å². The summed E-state index contributed by atoms with van der Waals surface area (Å²) in [6, 6.07) is 0.181. The number of hydrogen-bond acceptors (Lipinski definition) is 3. The minimum Gasteiger partial charge on any atom is -0.453 e. The molecule has 0 atom stereocenters. The second-order valence-electron chi connectivity index (χ2n) is 3.71. The highest BCUT2D eigenvalue weighted by Crippen LogP contribution is 2.23. The molecule has 0 saturated heterocycles. The zero-order valence-corrected chi connectivity index (χ0v) is 10.5. The lowest BCUT2D eigenvalue weighted by Crippen LogP contribution is -2.42. The number of halogens is 1. The quantitative estimate of drug-likeness (QED) is 0.738. The fourth-order valence-corrected chi connectivity index (χ4v) is 2.09. The third-order valence-corrected chi connectivity index (χ3v) is 3.30. The number of methoxy groups -OCH3 is 1. The number of rotatable bonds is 4. The maximum atomic E-state index is 11.5. The Kier molecular flexibility index (Phi) is 5.08. The first-order valence-electron chi connectivity index (χ1n) is 5.11. The number of carbonyl (C=O) groups excluding carboxylic acids is 2. The van der Waals surface area contributed by atoms with Crippen LogP contribution in [0.25, 0.3) is 0 Å². The van der Waals surface area contributed by atoms with Crippen molar-refractivity contribution in [1.29, 1.82) is 0 Å². The number of ether oxygens (including phenoxy) is 1. The molecule has 0 aliphatic heterocycles. The maximum Gasteiger partial charge on any atom is 0.410 e. The van der Waals surface area contributed by atoms with Gasteiger partial charge in [0.25, 0.3) is 0 Å². The number of Topliss-reactive ketones (excluding diaryl/α,β-unsaturated/α-hetero) is 1. The molecule has 0 radical (unpaired) electrons. The average Bonchev–Trinajstić information content (AvgIpc) is 2.77. The van der Waals surface area contributed by atoms with Crippen LogP contribution >= 0.6 is 15.9 Å². The molecule has 0 heterocycles. The highest BCUT2D eigenvalue weighted by atomic mass is 79.9. The molecule has 1 aliphatic carbocycles. The van der Waals surface area contributed by atoms with Crippen LogP contribution in [0, 0.1) is 0 Å². The minimum absolute atomic E-state index is 0.00676. The topological polar surface area (TPSA) is 46.6 Å². The zero-order valence-electron chi connectivity index (χ0n) is 8.87. The van der Waals surface area contributed by atoms with Gasteiger partial charge in [0, 0.05) is 6.04 Å². The van der Waals surface area contributed by atoms with Crippen LogP contribution in [0.2, 0.25) is 0 Å². The van der Waals surface area contributed by atoms with E-state index in [-0.39, 0.29) is 23.7 Å². The van der Waals surface area contributed by atoms with Crippen molar-refractivity contribution >= 4 is 27.8 Å². The third-order valence-electron chi connectivity index (χ3n) is 2.67. The van der Waals surface area contributed by atoms with Crippen molar-refractivity contribution < 1.29 is 14.3 Å². The van der Waals surface area contributed by atoms with E-state index in [1.165, 1.54) is 7.11 Å². The molecule has 1 aliphatic rings. The summed E-state index contributed by atoms with van der Waals surface area (Å²) in [7, 11) is 1.35. The molecule has 15 heavy (non-hydrogen) atoms. The smallest absolute Gasteiger partial charge is 0.410 e. The molecule has 0 aromatic carbocycles. The average molecular weight is 278 g/mol. The van der Waals surface area contributed by atoms with Crippen LogP contribution in [0.3, 0.4) is 0 Å². The Morgan fingerprint density at radius 1 is 1.40 bits per heavy atom. The first-order valence-corrected chi connectivity index (χ1v) is 6.23. The third kappa shape index (κ3) is 3.48. The van der Waals surface area contributed by atoms with Gasteiger partial charge in [0.05, 0.1) is 19.0 Å². The monoisotopic (exact) mass is 277 g/mol. The highest BCUT2D eigenvalue weighted by molar-refractivity contribution is 9.09. The molecule has 1 fully saturated rings. The fourth-order valence-electron chi connectivity index (χ4n) is 1.91. The molecule has 0 unspecified atom stereocenters. The first kappa shape index (κ1) is 12.5. The van der Waals surface area contributed by atoms with Gasteiger partial charge in [-0.2, -0.15) is 0 Å². The Morgan fingerprint density at radius 2 is 2.00 bits per heavy atom. The van der Waals surface area contributed by atoms with E-state index in [1.54, 1.807) is 4.90 Å². The molecule has 5 heteroatoms. The predicted octanol–water partition coefficient (Wildman–Crippen LogP) is 1.96. The van der Waals surface area contributed by atoms with Gasteiger partial charge in [0.1, 0.15) is 0 Å². The van der Waals surface area contributed by atoms with Crippen molar-refractivity contribution in [2.45, 2.75) is 31.7 Å². The molecule has 0 bridgehead atoms. The minimum atomic E-state index is -0.392. The summed E-state index contributed by atoms with van der Waals surface area (Å²) in [5.41, 5.74) is 0. The number of amides is 1. The van der Waals surface area contributed by atoms with Gasteiger partial charge in [-0.15, -0.1) is 0 Å². The van der Waals surface area contributed by atoms with E-state index >= 15 is 0 Å². The fraction of sp³-hybridized carbons (Fsp3) is 0.800. The largest absolute Gasteiger partial charge is 0.453 e. The molecule has 86 valence electrons. The lowest BCUT2D eigenvalue weighted by atomic mass is 10.2. The molecule has 0 aromatic rings. The van der Waals surface area contributed by atoms with Gasteiger partial charge in [0.2, 0.25) is 0 Å². The maximum absolute atomic E-state index is 11.5. The van der Waals surface area contributed by atoms with Crippen LogP contribution in [0.4, 0.5) is 4.79 Å². The van der Waals surface area contributed by atoms with Gasteiger partial charge >= 0.3 is 6.09 Å². The highest BCUT2D eigenvalue weighted by Gasteiger charge is 2.28. The van der Waals surface area contributed by atoms with Crippen molar-refractivity contribution in [2.75, 3.05) is 19.0 Å². The Balaban J connectivity index is 2.59. The summed E-state index contributed by atoms with van der Waals surface area (Å²) in [4.78, 5) is 24.3. The summed E-state index contributed by atoms with van der Waals surface area (Å²) in [6.45, 7) is 0.155. The summed E-state index contributed by atoms with van der Waals surface area (Å²) in [5.74, 6) is 0.00676. The Morgan fingerprint density at radius 3 is 2.47 bits per heavy atom. The predicted molar refractivity (Wildman–Crippen MR) is 60.2 cm³/mol. The second-order valence-corrected chi connectivity index (χ2v) is 4.27. The van der Waals surface area contributed by atoms with E-state index in [9.17, 15) is 9.59 Å². The van der Waals surface area contributed by atoms with Crippen LogP contribution < -0.4 is 0 Å². The molecule has 0 N–H and O–H groups in total. The summed E-state index contributed by atoms with van der Waals surface area (Å²) in [6.07, 6.45) is 3.81. The lowest BCUT2D eigenvalue weighted by molar-refractivity contribution is -0.117. The molecule has 1 rings (SSSR count). The van der Waals surface area contributed by atoms with E-state index < -0.39 is 6.09 Å². The molecule has 1 amide bonds. The Hall–Kier alpha value is -0.580. The van der Waals surface area contributed by atoms with Crippen molar-refractivity contribution in [3.8, 4) is 0 Å². The van der Waals surface area contributed by atoms with Crippen LogP contribution in [0.15, 0.2) is 0 Å². The number of nitrogens with zero attached hydrogens (tertiary/aromatic N) is 1. The molecule has 0 spiro atoms. The van der Waals surface area contributed by atoms with Gasteiger partial charge in [-0.1, -0.05) is 28.8 Å². The van der Waals surface area contributed by atoms with Crippen molar-refractivity contribution in [2.24, 2.45) is 0 Å². The Bertz CT molecular complexity index is 239. The molecular formula is C10H16BrNO3. The number of ketones is 1. The number of alkyl halides is 1. The lowest BCUT2D eigenvalue weighted by Gasteiger charge is -2.26. The van der Waals surface area contributed by atoms with Crippen LogP contribution in [0.1, 0.15) is 25.7 Å². The van der Waals surface area contributed by atoms with Gasteiger partial charge in [-0.05, 0) is 12.8 Å². The van der Waals surface area contributed by atoms with E-state index in [1.807, 2.05) is 0 Å². The molecule has 1 saturated carbocycles. The normalized spacial score (nSPS) is 16.4. The zero-order chi connectivity index (χ0) is 11.3.